The number of piperidine rings is 1. The zero-order valence-electron chi connectivity index (χ0n) is 12.9. The molecule has 1 atom stereocenters. The Bertz CT molecular complexity index is 442. The first-order valence-corrected chi connectivity index (χ1v) is 7.80. The lowest BCUT2D eigenvalue weighted by Crippen LogP contribution is -2.43. The van der Waals surface area contributed by atoms with Crippen molar-refractivity contribution in [3.05, 3.63) is 17.8 Å². The lowest BCUT2D eigenvalue weighted by atomic mass is 10.1. The number of rotatable bonds is 6. The number of carbonyl (C=O) groups excluding carboxylic acids is 1. The van der Waals surface area contributed by atoms with Crippen LogP contribution < -0.4 is 10.6 Å². The summed E-state index contributed by atoms with van der Waals surface area (Å²) in [7, 11) is 0. The van der Waals surface area contributed by atoms with Gasteiger partial charge < -0.3 is 15.5 Å². The summed E-state index contributed by atoms with van der Waals surface area (Å²) in [4.78, 5) is 14.5. The van der Waals surface area contributed by atoms with Gasteiger partial charge in [-0.25, -0.2) is 0 Å². The van der Waals surface area contributed by atoms with Crippen LogP contribution in [0.15, 0.2) is 12.1 Å². The van der Waals surface area contributed by atoms with Crippen molar-refractivity contribution in [2.75, 3.05) is 31.5 Å². The van der Waals surface area contributed by atoms with E-state index in [1.807, 2.05) is 13.8 Å². The van der Waals surface area contributed by atoms with Crippen LogP contribution in [0.2, 0.25) is 0 Å². The van der Waals surface area contributed by atoms with E-state index in [0.29, 0.717) is 11.5 Å². The van der Waals surface area contributed by atoms with Crippen molar-refractivity contribution in [3.63, 3.8) is 0 Å². The van der Waals surface area contributed by atoms with Gasteiger partial charge in [0, 0.05) is 19.1 Å². The lowest BCUT2D eigenvalue weighted by Gasteiger charge is -2.29. The molecule has 6 nitrogen and oxygen atoms in total. The van der Waals surface area contributed by atoms with E-state index in [4.69, 9.17) is 0 Å². The number of aromatic nitrogens is 2. The quantitative estimate of drug-likeness (QED) is 0.831. The molecular weight excluding hydrogens is 266 g/mol. The molecule has 1 aromatic heterocycles. The van der Waals surface area contributed by atoms with Gasteiger partial charge in [0.1, 0.15) is 5.82 Å². The number of anilines is 1. The van der Waals surface area contributed by atoms with Gasteiger partial charge in [-0.05, 0) is 51.9 Å². The smallest absolute Gasteiger partial charge is 0.272 e. The Balaban J connectivity index is 1.82. The second-order valence-corrected chi connectivity index (χ2v) is 5.57. The van der Waals surface area contributed by atoms with E-state index < -0.39 is 0 Å². The molecule has 2 rings (SSSR count). The molecule has 2 heterocycles. The Kier molecular flexibility index (Phi) is 5.92. The summed E-state index contributed by atoms with van der Waals surface area (Å²) in [6.45, 7) is 7.98. The first-order chi connectivity index (χ1) is 10.2. The number of hydrogen-bond acceptors (Lipinski definition) is 5. The number of carbonyl (C=O) groups is 1. The maximum absolute atomic E-state index is 12.1. The fourth-order valence-electron chi connectivity index (χ4n) is 2.60. The first-order valence-electron chi connectivity index (χ1n) is 7.80. The van der Waals surface area contributed by atoms with Crippen LogP contribution in [0, 0.1) is 0 Å². The first kappa shape index (κ1) is 15.7. The third-order valence-electron chi connectivity index (χ3n) is 3.61. The van der Waals surface area contributed by atoms with E-state index in [1.54, 1.807) is 12.1 Å². The average molecular weight is 291 g/mol. The van der Waals surface area contributed by atoms with Crippen molar-refractivity contribution in [2.45, 2.75) is 39.2 Å². The predicted octanol–water partition coefficient (Wildman–Crippen LogP) is 1.51. The van der Waals surface area contributed by atoms with Gasteiger partial charge in [-0.1, -0.05) is 6.42 Å². The molecule has 21 heavy (non-hydrogen) atoms. The molecule has 6 heteroatoms. The predicted molar refractivity (Wildman–Crippen MR) is 83.4 cm³/mol. The fourth-order valence-corrected chi connectivity index (χ4v) is 2.60. The molecule has 1 aliphatic rings. The molecule has 0 spiro atoms. The molecule has 1 saturated heterocycles. The van der Waals surface area contributed by atoms with Crippen molar-refractivity contribution in [3.8, 4) is 0 Å². The molecule has 0 radical (unpaired) electrons. The van der Waals surface area contributed by atoms with Gasteiger partial charge in [0.25, 0.3) is 5.91 Å². The summed E-state index contributed by atoms with van der Waals surface area (Å²) in [6.07, 6.45) is 3.85. The van der Waals surface area contributed by atoms with Gasteiger partial charge in [0.15, 0.2) is 5.69 Å². The second kappa shape index (κ2) is 7.93. The van der Waals surface area contributed by atoms with Crippen molar-refractivity contribution >= 4 is 11.7 Å². The zero-order valence-corrected chi connectivity index (χ0v) is 12.9. The van der Waals surface area contributed by atoms with Crippen LogP contribution in [-0.4, -0.2) is 53.2 Å². The maximum atomic E-state index is 12.1. The van der Waals surface area contributed by atoms with Crippen LogP contribution in [0.1, 0.15) is 43.6 Å². The summed E-state index contributed by atoms with van der Waals surface area (Å²) < 4.78 is 0. The Hall–Kier alpha value is -1.69. The Labute approximate surface area is 126 Å². The molecular formula is C15H25N5O. The number of likely N-dealkylation sites (tertiary alicyclic amines) is 1. The topological polar surface area (TPSA) is 70.2 Å². The molecule has 1 aromatic rings. The van der Waals surface area contributed by atoms with Crippen LogP contribution in [0.5, 0.6) is 0 Å². The van der Waals surface area contributed by atoms with Crippen molar-refractivity contribution in [1.29, 1.82) is 0 Å². The van der Waals surface area contributed by atoms with Crippen LogP contribution >= 0.6 is 0 Å². The molecule has 1 aliphatic heterocycles. The molecule has 1 fully saturated rings. The molecule has 0 bridgehead atoms. The van der Waals surface area contributed by atoms with Gasteiger partial charge in [0.05, 0.1) is 0 Å². The minimum Gasteiger partial charge on any atom is -0.369 e. The fraction of sp³-hybridized carbons (Fsp3) is 0.667. The maximum Gasteiger partial charge on any atom is 0.272 e. The molecule has 2 N–H and O–H groups in total. The Morgan fingerprint density at radius 3 is 2.67 bits per heavy atom. The molecule has 0 aromatic carbocycles. The number of amides is 1. The third kappa shape index (κ3) is 4.97. The largest absolute Gasteiger partial charge is 0.369 e. The second-order valence-electron chi connectivity index (χ2n) is 5.57. The van der Waals surface area contributed by atoms with Crippen LogP contribution in [0.25, 0.3) is 0 Å². The molecule has 0 saturated carbocycles. The van der Waals surface area contributed by atoms with Crippen molar-refractivity contribution < 1.29 is 4.79 Å². The monoisotopic (exact) mass is 291 g/mol. The summed E-state index contributed by atoms with van der Waals surface area (Å²) in [5.41, 5.74) is 0.363. The molecule has 1 unspecified atom stereocenters. The highest BCUT2D eigenvalue weighted by Crippen LogP contribution is 2.09. The number of nitrogens with zero attached hydrogens (tertiary/aromatic N) is 3. The highest BCUT2D eigenvalue weighted by molar-refractivity contribution is 5.92. The van der Waals surface area contributed by atoms with E-state index in [9.17, 15) is 4.79 Å². The van der Waals surface area contributed by atoms with Gasteiger partial charge in [0.2, 0.25) is 0 Å². The van der Waals surface area contributed by atoms with E-state index >= 15 is 0 Å². The van der Waals surface area contributed by atoms with E-state index in [2.05, 4.69) is 25.7 Å². The molecule has 0 aliphatic carbocycles. The standard InChI is InChI=1S/C15H25N5O/c1-3-16-14-8-7-13(18-19-14)15(21)17-12(2)11-20-9-5-4-6-10-20/h7-8,12H,3-6,9-11H2,1-2H3,(H,16,19)(H,17,21). The minimum absolute atomic E-state index is 0.117. The third-order valence-corrected chi connectivity index (χ3v) is 3.61. The number of nitrogens with one attached hydrogen (secondary N) is 2. The van der Waals surface area contributed by atoms with Gasteiger partial charge in [-0.3, -0.25) is 4.79 Å². The normalized spacial score (nSPS) is 17.2. The van der Waals surface area contributed by atoms with Gasteiger partial charge in [-0.15, -0.1) is 10.2 Å². The van der Waals surface area contributed by atoms with Gasteiger partial charge >= 0.3 is 0 Å². The Morgan fingerprint density at radius 2 is 2.05 bits per heavy atom. The van der Waals surface area contributed by atoms with Crippen LogP contribution in [0.3, 0.4) is 0 Å². The van der Waals surface area contributed by atoms with Gasteiger partial charge in [-0.2, -0.15) is 0 Å². The summed E-state index contributed by atoms with van der Waals surface area (Å²) in [5, 5.41) is 14.0. The minimum atomic E-state index is -0.157. The summed E-state index contributed by atoms with van der Waals surface area (Å²) >= 11 is 0. The van der Waals surface area contributed by atoms with Crippen molar-refractivity contribution in [1.82, 2.24) is 20.4 Å². The highest BCUT2D eigenvalue weighted by Gasteiger charge is 2.16. The number of hydrogen-bond donors (Lipinski definition) is 2. The van der Waals surface area contributed by atoms with E-state index in [-0.39, 0.29) is 11.9 Å². The van der Waals surface area contributed by atoms with E-state index in [0.717, 1.165) is 26.2 Å². The lowest BCUT2D eigenvalue weighted by molar-refractivity contribution is 0.0919. The summed E-state index contributed by atoms with van der Waals surface area (Å²) in [5.74, 6) is 0.533. The van der Waals surface area contributed by atoms with Crippen LogP contribution in [0.4, 0.5) is 5.82 Å². The molecule has 116 valence electrons. The van der Waals surface area contributed by atoms with Crippen LogP contribution in [-0.2, 0) is 0 Å². The molecule has 1 amide bonds. The average Bonchev–Trinajstić information content (AvgIpc) is 2.49. The highest BCUT2D eigenvalue weighted by atomic mass is 16.2. The Morgan fingerprint density at radius 1 is 1.29 bits per heavy atom. The van der Waals surface area contributed by atoms with E-state index in [1.165, 1.54) is 19.3 Å². The van der Waals surface area contributed by atoms with Crippen molar-refractivity contribution in [2.24, 2.45) is 0 Å². The zero-order chi connectivity index (χ0) is 15.1. The SMILES string of the molecule is CCNc1ccc(C(=O)NC(C)CN2CCCCC2)nn1. The summed E-state index contributed by atoms with van der Waals surface area (Å²) in [6, 6.07) is 3.60.